The summed E-state index contributed by atoms with van der Waals surface area (Å²) in [5.41, 5.74) is 4.10. The molecule has 340 valence electrons. The van der Waals surface area contributed by atoms with Crippen molar-refractivity contribution >= 4 is 57.8 Å². The second-order valence-corrected chi connectivity index (χ2v) is 17.8. The van der Waals surface area contributed by atoms with E-state index in [4.69, 9.17) is 14.6 Å². The average molecular weight is 941 g/mol. The number of aromatic nitrogens is 2. The number of nitrogens with one attached hydrogen (secondary N) is 2. The molecule has 5 aromatic carbocycles. The monoisotopic (exact) mass is 940 g/mol. The van der Waals surface area contributed by atoms with Crippen LogP contribution in [0.15, 0.2) is 197 Å². The molecule has 7 aromatic rings. The van der Waals surface area contributed by atoms with Crippen LogP contribution in [0.2, 0.25) is 0 Å². The molecule has 0 saturated carbocycles. The van der Waals surface area contributed by atoms with Crippen molar-refractivity contribution in [2.45, 2.75) is 23.1 Å². The first-order valence-electron chi connectivity index (χ1n) is 21.6. The number of hydrogen-bond acceptors (Lipinski definition) is 11. The summed E-state index contributed by atoms with van der Waals surface area (Å²) >= 11 is 2.58. The molecule has 3 N–H and O–H groups in total. The molecule has 2 aromatic heterocycles. The smallest absolute Gasteiger partial charge is 0.352 e. The van der Waals surface area contributed by atoms with Gasteiger partial charge in [-0.25, -0.2) is 9.78 Å². The number of ether oxygens (including phenoxy) is 1. The highest BCUT2D eigenvalue weighted by molar-refractivity contribution is 8.00. The molecule has 1 saturated heterocycles. The van der Waals surface area contributed by atoms with Gasteiger partial charge in [-0.15, -0.1) is 23.1 Å². The SMILES string of the molecule is CO/N=C(\C(=O)N[C@@H]1C(=O)N2C(C(=O)O)=C(C=Cc3cc(=O)c(OC(c4ccccc4)c4ccccc4)cn3C)CS[C@H]12)c1csc(NC(c2ccccc2)(c2ccccc2)c2ccccc2)n1. The molecule has 2 aliphatic rings. The Kier molecular flexibility index (Phi) is 13.2. The van der Waals surface area contributed by atoms with Crippen LogP contribution in [0, 0.1) is 0 Å². The van der Waals surface area contributed by atoms with Gasteiger partial charge in [0.1, 0.15) is 41.6 Å². The van der Waals surface area contributed by atoms with E-state index in [2.05, 4.69) is 15.8 Å². The third-order valence-electron chi connectivity index (χ3n) is 11.7. The number of carbonyl (C=O) groups is 3. The molecule has 2 amide bonds. The summed E-state index contributed by atoms with van der Waals surface area (Å²) in [4.78, 5) is 65.2. The summed E-state index contributed by atoms with van der Waals surface area (Å²) < 4.78 is 8.07. The maximum atomic E-state index is 14.0. The quantitative estimate of drug-likeness (QED) is 0.0372. The van der Waals surface area contributed by atoms with Gasteiger partial charge in [-0.3, -0.25) is 19.3 Å². The Bertz CT molecular complexity index is 2970. The molecule has 2 aliphatic heterocycles. The number of fused-ring (bicyclic) bond motifs is 1. The summed E-state index contributed by atoms with van der Waals surface area (Å²) in [6.07, 6.45) is 4.30. The van der Waals surface area contributed by atoms with Crippen LogP contribution in [-0.4, -0.2) is 67.3 Å². The third kappa shape index (κ3) is 8.96. The van der Waals surface area contributed by atoms with Crippen LogP contribution in [0.25, 0.3) is 6.08 Å². The predicted molar refractivity (Wildman–Crippen MR) is 264 cm³/mol. The van der Waals surface area contributed by atoms with Gasteiger partial charge < -0.3 is 29.9 Å². The fraction of sp³-hybridized carbons (Fsp3) is 0.132. The highest BCUT2D eigenvalue weighted by Crippen LogP contribution is 2.42. The van der Waals surface area contributed by atoms with E-state index in [1.54, 1.807) is 35.3 Å². The topological polar surface area (TPSA) is 164 Å². The highest BCUT2D eigenvalue weighted by Gasteiger charge is 2.54. The van der Waals surface area contributed by atoms with Gasteiger partial charge in [0, 0.05) is 29.9 Å². The summed E-state index contributed by atoms with van der Waals surface area (Å²) in [5.74, 6) is -2.28. The third-order valence-corrected chi connectivity index (χ3v) is 13.8. The number of hydrogen-bond donors (Lipinski definition) is 3. The molecule has 0 aliphatic carbocycles. The van der Waals surface area contributed by atoms with Crippen molar-refractivity contribution < 1.29 is 29.1 Å². The minimum atomic E-state index is -1.31. The van der Waals surface area contributed by atoms with Gasteiger partial charge in [-0.1, -0.05) is 163 Å². The lowest BCUT2D eigenvalue weighted by Gasteiger charge is -2.49. The lowest BCUT2D eigenvalue weighted by Crippen LogP contribution is -2.71. The van der Waals surface area contributed by atoms with E-state index in [9.17, 15) is 24.3 Å². The lowest BCUT2D eigenvalue weighted by molar-refractivity contribution is -0.150. The number of oxime groups is 1. The number of amides is 2. The number of thiazole rings is 1. The van der Waals surface area contributed by atoms with Crippen molar-refractivity contribution in [3.8, 4) is 5.75 Å². The van der Waals surface area contributed by atoms with Crippen LogP contribution < -0.4 is 20.8 Å². The molecule has 9 rings (SSSR count). The number of aryl methyl sites for hydroxylation is 1. The van der Waals surface area contributed by atoms with Crippen molar-refractivity contribution in [2.24, 2.45) is 12.2 Å². The molecule has 68 heavy (non-hydrogen) atoms. The van der Waals surface area contributed by atoms with E-state index in [0.29, 0.717) is 16.4 Å². The van der Waals surface area contributed by atoms with Crippen molar-refractivity contribution in [3.05, 3.63) is 236 Å². The van der Waals surface area contributed by atoms with Gasteiger partial charge in [-0.2, -0.15) is 0 Å². The van der Waals surface area contributed by atoms with Gasteiger partial charge >= 0.3 is 5.97 Å². The van der Waals surface area contributed by atoms with E-state index >= 15 is 0 Å². The zero-order valence-corrected chi connectivity index (χ0v) is 38.4. The summed E-state index contributed by atoms with van der Waals surface area (Å²) in [6.45, 7) is 0. The number of allylic oxidation sites excluding steroid dienone is 1. The molecule has 2 atom stereocenters. The molecule has 1 fully saturated rings. The number of thioether (sulfide) groups is 1. The normalized spacial score (nSPS) is 16.0. The number of rotatable bonds is 16. The van der Waals surface area contributed by atoms with Crippen LogP contribution >= 0.6 is 23.1 Å². The van der Waals surface area contributed by atoms with E-state index in [1.165, 1.54) is 41.2 Å². The van der Waals surface area contributed by atoms with Gasteiger partial charge in [0.2, 0.25) is 5.43 Å². The number of β-lactam (4-membered cyclic amide) rings is 1. The Morgan fingerprint density at radius 1 is 0.824 bits per heavy atom. The van der Waals surface area contributed by atoms with Crippen molar-refractivity contribution in [3.63, 3.8) is 0 Å². The zero-order valence-electron chi connectivity index (χ0n) is 36.8. The number of pyridine rings is 1. The first-order chi connectivity index (χ1) is 33.2. The molecule has 0 bridgehead atoms. The number of carbonyl (C=O) groups excluding carboxylic acids is 2. The number of anilines is 1. The first-order valence-corrected chi connectivity index (χ1v) is 23.5. The molecular weight excluding hydrogens is 897 g/mol. The van der Waals surface area contributed by atoms with Crippen LogP contribution in [0.1, 0.15) is 45.3 Å². The molecule has 15 heteroatoms. The largest absolute Gasteiger partial charge is 0.477 e. The molecule has 0 radical (unpaired) electrons. The number of carboxylic acid groups (broad SMARTS) is 1. The van der Waals surface area contributed by atoms with E-state index in [-0.39, 0.29) is 34.0 Å². The number of carboxylic acids is 1. The number of nitrogens with zero attached hydrogens (tertiary/aromatic N) is 4. The number of aliphatic carboxylic acids is 1. The Balaban J connectivity index is 0.923. The zero-order chi connectivity index (χ0) is 47.2. The minimum absolute atomic E-state index is 0.143. The Labute approximate surface area is 400 Å². The standard InChI is InChI=1S/C53H44N6O7S2/c1-58-31-43(66-47(34-18-8-3-9-19-34)35-20-10-4-11-21-35)42(60)30-40(58)29-28-36-32-67-50-45(49(62)59(50)46(36)51(63)64)55-48(61)44(57-65-2)41-33-68-52(54-41)56-53(37-22-12-5-13-23-37,38-24-14-6-15-25-38)39-26-16-7-17-27-39/h3-31,33,45,47,50H,32H2,1-2H3,(H,54,56)(H,55,61)(H,63,64)/b29-28?,57-44-/t45-,50-/m1/s1. The van der Waals surface area contributed by atoms with Crippen LogP contribution in [0.5, 0.6) is 5.75 Å². The Morgan fingerprint density at radius 2 is 1.37 bits per heavy atom. The summed E-state index contributed by atoms with van der Waals surface area (Å²) in [6, 6.07) is 49.7. The Morgan fingerprint density at radius 3 is 1.90 bits per heavy atom. The molecular formula is C53H44N6O7S2. The second kappa shape index (κ2) is 19.8. The van der Waals surface area contributed by atoms with Crippen molar-refractivity contribution in [2.75, 3.05) is 18.2 Å². The molecule has 4 heterocycles. The molecule has 0 unspecified atom stereocenters. The van der Waals surface area contributed by atoms with Crippen LogP contribution in [-0.2, 0) is 31.8 Å². The van der Waals surface area contributed by atoms with Gasteiger partial charge in [0.05, 0.1) is 6.20 Å². The fourth-order valence-electron chi connectivity index (χ4n) is 8.43. The van der Waals surface area contributed by atoms with Gasteiger partial charge in [0.15, 0.2) is 16.6 Å². The average Bonchev–Trinajstić information content (AvgIpc) is 3.84. The fourth-order valence-corrected chi connectivity index (χ4v) is 10.5. The summed E-state index contributed by atoms with van der Waals surface area (Å²) in [7, 11) is 3.07. The van der Waals surface area contributed by atoms with Crippen LogP contribution in [0.4, 0.5) is 5.13 Å². The number of benzene rings is 5. The van der Waals surface area contributed by atoms with Gasteiger partial charge in [-0.05, 0) is 39.5 Å². The maximum absolute atomic E-state index is 14.0. The van der Waals surface area contributed by atoms with Crippen LogP contribution in [0.3, 0.4) is 0 Å². The second-order valence-electron chi connectivity index (χ2n) is 15.9. The Hall–Kier alpha value is -8.01. The van der Waals surface area contributed by atoms with E-state index in [0.717, 1.165) is 27.8 Å². The van der Waals surface area contributed by atoms with E-state index < -0.39 is 40.8 Å². The predicted octanol–water partition coefficient (Wildman–Crippen LogP) is 8.22. The minimum Gasteiger partial charge on any atom is -0.477 e. The van der Waals surface area contributed by atoms with Crippen molar-refractivity contribution in [1.29, 1.82) is 0 Å². The van der Waals surface area contributed by atoms with Crippen molar-refractivity contribution in [1.82, 2.24) is 19.8 Å². The highest BCUT2D eigenvalue weighted by atomic mass is 32.2. The van der Waals surface area contributed by atoms with Gasteiger partial charge in [0.25, 0.3) is 11.8 Å². The molecule has 13 nitrogen and oxygen atoms in total. The lowest BCUT2D eigenvalue weighted by atomic mass is 9.77. The summed E-state index contributed by atoms with van der Waals surface area (Å²) in [5, 5.41) is 22.4. The first kappa shape index (κ1) is 45.2. The van der Waals surface area contributed by atoms with E-state index in [1.807, 2.05) is 152 Å². The molecule has 0 spiro atoms. The maximum Gasteiger partial charge on any atom is 0.352 e.